The summed E-state index contributed by atoms with van der Waals surface area (Å²) in [6, 6.07) is 15.9. The maximum absolute atomic E-state index is 6.02. The van der Waals surface area contributed by atoms with Gasteiger partial charge in [-0.2, -0.15) is 0 Å². The number of aromatic nitrogens is 3. The van der Waals surface area contributed by atoms with Crippen LogP contribution in [0.15, 0.2) is 59.8 Å². The molecule has 31 heavy (non-hydrogen) atoms. The molecule has 0 N–H and O–H groups in total. The molecule has 5 nitrogen and oxygen atoms in total. The molecule has 1 saturated heterocycles. The smallest absolute Gasteiger partial charge is 0.191 e. The van der Waals surface area contributed by atoms with Crippen LogP contribution in [0, 0.1) is 0 Å². The molecule has 3 heterocycles. The van der Waals surface area contributed by atoms with Crippen LogP contribution in [-0.2, 0) is 0 Å². The Morgan fingerprint density at radius 1 is 0.935 bits per heavy atom. The first-order chi connectivity index (χ1) is 15.3. The Labute approximate surface area is 192 Å². The molecule has 0 atom stereocenters. The van der Waals surface area contributed by atoms with Gasteiger partial charge in [0.25, 0.3) is 0 Å². The third kappa shape index (κ3) is 4.81. The van der Waals surface area contributed by atoms with Crippen molar-refractivity contribution in [1.29, 1.82) is 0 Å². The van der Waals surface area contributed by atoms with Crippen molar-refractivity contribution < 1.29 is 4.74 Å². The van der Waals surface area contributed by atoms with Gasteiger partial charge in [-0.05, 0) is 80.5 Å². The van der Waals surface area contributed by atoms with Crippen molar-refractivity contribution in [3.63, 3.8) is 0 Å². The Morgan fingerprint density at radius 2 is 1.68 bits per heavy atom. The molecule has 2 aliphatic rings. The van der Waals surface area contributed by atoms with Gasteiger partial charge in [0.05, 0.1) is 5.70 Å². The molecule has 2 aromatic carbocycles. The van der Waals surface area contributed by atoms with E-state index in [0.717, 1.165) is 46.6 Å². The summed E-state index contributed by atoms with van der Waals surface area (Å²) in [4.78, 5) is 7.22. The van der Waals surface area contributed by atoms with E-state index in [1.165, 1.54) is 32.4 Å². The SMILES string of the molecule is Clc1ccc(-c2nc3n(n2)C(c2ccc(OCCN4CCCCC4)cc2)=CCS3)cc1. The van der Waals surface area contributed by atoms with E-state index in [1.54, 1.807) is 11.8 Å². The lowest BCUT2D eigenvalue weighted by atomic mass is 10.1. The summed E-state index contributed by atoms with van der Waals surface area (Å²) in [7, 11) is 0. The zero-order chi connectivity index (χ0) is 21.0. The monoisotopic (exact) mass is 452 g/mol. The van der Waals surface area contributed by atoms with Crippen LogP contribution in [0.25, 0.3) is 17.1 Å². The molecule has 5 rings (SSSR count). The lowest BCUT2D eigenvalue weighted by Crippen LogP contribution is -2.33. The number of halogens is 1. The minimum Gasteiger partial charge on any atom is -0.492 e. The van der Waals surface area contributed by atoms with E-state index < -0.39 is 0 Å². The highest BCUT2D eigenvalue weighted by Crippen LogP contribution is 2.32. The Balaban J connectivity index is 1.27. The number of rotatable bonds is 6. The normalized spacial score (nSPS) is 16.6. The van der Waals surface area contributed by atoms with Crippen molar-refractivity contribution in [2.45, 2.75) is 24.4 Å². The second kappa shape index (κ2) is 9.47. The first-order valence-corrected chi connectivity index (χ1v) is 12.1. The average molecular weight is 453 g/mol. The van der Waals surface area contributed by atoms with Gasteiger partial charge in [0.1, 0.15) is 12.4 Å². The predicted molar refractivity (Wildman–Crippen MR) is 127 cm³/mol. The molecule has 1 fully saturated rings. The van der Waals surface area contributed by atoms with Crippen LogP contribution in [0.2, 0.25) is 5.02 Å². The highest BCUT2D eigenvalue weighted by atomic mass is 35.5. The van der Waals surface area contributed by atoms with Crippen LogP contribution in [0.3, 0.4) is 0 Å². The van der Waals surface area contributed by atoms with Gasteiger partial charge in [-0.1, -0.05) is 29.8 Å². The zero-order valence-corrected chi connectivity index (χ0v) is 18.9. The number of likely N-dealkylation sites (tertiary alicyclic amines) is 1. The average Bonchev–Trinajstić information content (AvgIpc) is 3.25. The topological polar surface area (TPSA) is 43.2 Å². The summed E-state index contributed by atoms with van der Waals surface area (Å²) in [5.74, 6) is 2.50. The van der Waals surface area contributed by atoms with Crippen molar-refractivity contribution in [2.75, 3.05) is 32.0 Å². The van der Waals surface area contributed by atoms with Crippen LogP contribution < -0.4 is 4.74 Å². The van der Waals surface area contributed by atoms with E-state index in [0.29, 0.717) is 10.8 Å². The van der Waals surface area contributed by atoms with Crippen molar-refractivity contribution in [3.05, 3.63) is 65.2 Å². The van der Waals surface area contributed by atoms with Crippen LogP contribution in [0.1, 0.15) is 24.8 Å². The summed E-state index contributed by atoms with van der Waals surface area (Å²) < 4.78 is 7.92. The van der Waals surface area contributed by atoms with Gasteiger partial charge in [-0.3, -0.25) is 4.90 Å². The number of hydrogen-bond donors (Lipinski definition) is 0. The molecule has 2 aliphatic heterocycles. The van der Waals surface area contributed by atoms with Crippen LogP contribution in [0.4, 0.5) is 0 Å². The van der Waals surface area contributed by atoms with Crippen LogP contribution in [-0.4, -0.2) is 51.7 Å². The van der Waals surface area contributed by atoms with Crippen molar-refractivity contribution in [1.82, 2.24) is 19.7 Å². The first kappa shape index (κ1) is 20.6. The molecule has 160 valence electrons. The number of hydrogen-bond acceptors (Lipinski definition) is 5. The van der Waals surface area contributed by atoms with E-state index in [-0.39, 0.29) is 0 Å². The van der Waals surface area contributed by atoms with Crippen molar-refractivity contribution in [2.24, 2.45) is 0 Å². The molecule has 0 unspecified atom stereocenters. The molecule has 1 aromatic heterocycles. The second-order valence-corrected chi connectivity index (χ2v) is 9.24. The van der Waals surface area contributed by atoms with E-state index in [9.17, 15) is 0 Å². The highest BCUT2D eigenvalue weighted by Gasteiger charge is 2.20. The molecule has 3 aromatic rings. The molecule has 0 saturated carbocycles. The third-order valence-corrected chi connectivity index (χ3v) is 6.78. The Bertz CT molecular complexity index is 1060. The van der Waals surface area contributed by atoms with Gasteiger partial charge >= 0.3 is 0 Å². The van der Waals surface area contributed by atoms with E-state index >= 15 is 0 Å². The van der Waals surface area contributed by atoms with Gasteiger partial charge < -0.3 is 4.74 Å². The van der Waals surface area contributed by atoms with Crippen molar-refractivity contribution >= 4 is 29.1 Å². The quantitative estimate of drug-likeness (QED) is 0.497. The van der Waals surface area contributed by atoms with Crippen LogP contribution >= 0.6 is 23.4 Å². The van der Waals surface area contributed by atoms with Gasteiger partial charge in [0.15, 0.2) is 11.0 Å². The van der Waals surface area contributed by atoms with Gasteiger partial charge in [0.2, 0.25) is 0 Å². The maximum atomic E-state index is 6.02. The highest BCUT2D eigenvalue weighted by molar-refractivity contribution is 7.99. The number of benzene rings is 2. The fourth-order valence-electron chi connectivity index (χ4n) is 3.99. The molecule has 7 heteroatoms. The van der Waals surface area contributed by atoms with Gasteiger partial charge in [0, 0.05) is 28.4 Å². The fourth-order valence-corrected chi connectivity index (χ4v) is 4.92. The Morgan fingerprint density at radius 3 is 2.45 bits per heavy atom. The summed E-state index contributed by atoms with van der Waals surface area (Å²) in [5.41, 5.74) is 3.13. The molecule has 0 aliphatic carbocycles. The molecule has 0 bridgehead atoms. The molecule has 0 radical (unpaired) electrons. The molecule has 0 spiro atoms. The fraction of sp³-hybridized carbons (Fsp3) is 0.333. The minimum absolute atomic E-state index is 0.709. The number of ether oxygens (including phenoxy) is 1. The lowest BCUT2D eigenvalue weighted by molar-refractivity contribution is 0.183. The lowest BCUT2D eigenvalue weighted by Gasteiger charge is -2.26. The molecular weight excluding hydrogens is 428 g/mol. The number of fused-ring (bicyclic) bond motifs is 1. The molecule has 0 amide bonds. The minimum atomic E-state index is 0.709. The van der Waals surface area contributed by atoms with Crippen LogP contribution in [0.5, 0.6) is 5.75 Å². The van der Waals surface area contributed by atoms with Gasteiger partial charge in [-0.15, -0.1) is 5.10 Å². The molecular formula is C24H25ClN4OS. The number of nitrogens with zero attached hydrogens (tertiary/aromatic N) is 4. The number of piperidine rings is 1. The summed E-state index contributed by atoms with van der Waals surface area (Å²) in [5, 5.41) is 6.38. The third-order valence-electron chi connectivity index (χ3n) is 5.67. The summed E-state index contributed by atoms with van der Waals surface area (Å²) in [6.07, 6.45) is 6.18. The number of thioether (sulfide) groups is 1. The zero-order valence-electron chi connectivity index (χ0n) is 17.3. The van der Waals surface area contributed by atoms with E-state index in [4.69, 9.17) is 26.4 Å². The summed E-state index contributed by atoms with van der Waals surface area (Å²) >= 11 is 7.71. The Hall–Kier alpha value is -2.28. The first-order valence-electron chi connectivity index (χ1n) is 10.8. The maximum Gasteiger partial charge on any atom is 0.191 e. The largest absolute Gasteiger partial charge is 0.492 e. The predicted octanol–water partition coefficient (Wildman–Crippen LogP) is 5.46. The Kier molecular flexibility index (Phi) is 6.30. The van der Waals surface area contributed by atoms with E-state index in [1.807, 2.05) is 41.1 Å². The van der Waals surface area contributed by atoms with E-state index in [2.05, 4.69) is 23.1 Å². The van der Waals surface area contributed by atoms with Gasteiger partial charge in [-0.25, -0.2) is 9.67 Å². The van der Waals surface area contributed by atoms with Crippen molar-refractivity contribution in [3.8, 4) is 17.1 Å². The second-order valence-electron chi connectivity index (χ2n) is 7.81. The standard InChI is InChI=1S/C24H25ClN4OS/c25-20-8-4-19(5-9-20)23-26-24-29(27-23)22(12-17-31-24)18-6-10-21(11-7-18)30-16-15-28-13-2-1-3-14-28/h4-12H,1-3,13-17H2. The summed E-state index contributed by atoms with van der Waals surface area (Å²) in [6.45, 7) is 4.13.